The molecule has 0 aliphatic heterocycles. The first kappa shape index (κ1) is 19.5. The number of carbonyl (C=O) groups excluding carboxylic acids is 1. The van der Waals surface area contributed by atoms with Crippen LogP contribution >= 0.6 is 11.8 Å². The molecule has 28 heavy (non-hydrogen) atoms. The summed E-state index contributed by atoms with van der Waals surface area (Å²) in [5, 5.41) is 12.6. The molecule has 2 N–H and O–H groups in total. The zero-order valence-electron chi connectivity index (χ0n) is 15.3. The number of amides is 1. The van der Waals surface area contributed by atoms with Crippen LogP contribution in [0, 0.1) is 0 Å². The van der Waals surface area contributed by atoms with Crippen molar-refractivity contribution in [2.45, 2.75) is 10.6 Å². The summed E-state index contributed by atoms with van der Waals surface area (Å²) in [5.74, 6) is 1.01. The largest absolute Gasteiger partial charge is 0.504 e. The Morgan fingerprint density at radius 2 is 2.00 bits per heavy atom. The third kappa shape index (κ3) is 5.62. The van der Waals surface area contributed by atoms with Crippen LogP contribution in [0.15, 0.2) is 78.0 Å². The van der Waals surface area contributed by atoms with E-state index in [4.69, 9.17) is 4.74 Å². The maximum absolute atomic E-state index is 12.2. The highest BCUT2D eigenvalue weighted by atomic mass is 32.2. The van der Waals surface area contributed by atoms with Crippen molar-refractivity contribution in [1.82, 2.24) is 4.98 Å². The zero-order valence-corrected chi connectivity index (χ0v) is 16.1. The summed E-state index contributed by atoms with van der Waals surface area (Å²) >= 11 is 1.69. The Labute approximate surface area is 168 Å². The SMILES string of the molecule is COc1ccc(C=CC(=O)Nc2cccc(SCc3ccncc3)c2)cc1O. The van der Waals surface area contributed by atoms with Gasteiger partial charge in [-0.25, -0.2) is 0 Å². The fourth-order valence-corrected chi connectivity index (χ4v) is 3.39. The maximum atomic E-state index is 12.2. The molecule has 5 nitrogen and oxygen atoms in total. The number of phenolic OH excluding ortho intramolecular Hbond substituents is 1. The minimum atomic E-state index is -0.244. The van der Waals surface area contributed by atoms with Crippen LogP contribution in [-0.2, 0) is 10.5 Å². The van der Waals surface area contributed by atoms with E-state index >= 15 is 0 Å². The number of hydrogen-bond donors (Lipinski definition) is 2. The number of anilines is 1. The molecular formula is C22H20N2O3S. The zero-order chi connectivity index (χ0) is 19.8. The number of ether oxygens (including phenoxy) is 1. The molecule has 0 radical (unpaired) electrons. The van der Waals surface area contributed by atoms with Crippen molar-refractivity contribution in [3.63, 3.8) is 0 Å². The van der Waals surface area contributed by atoms with Gasteiger partial charge in [-0.2, -0.15) is 0 Å². The van der Waals surface area contributed by atoms with Crippen LogP contribution in [0.1, 0.15) is 11.1 Å². The standard InChI is InChI=1S/C22H20N2O3S/c1-27-21-7-5-16(13-20(21)25)6-8-22(26)24-18-3-2-4-19(14-18)28-15-17-9-11-23-12-10-17/h2-14,25H,15H2,1H3,(H,24,26). The van der Waals surface area contributed by atoms with Gasteiger partial charge in [-0.3, -0.25) is 9.78 Å². The van der Waals surface area contributed by atoms with Crippen LogP contribution in [0.3, 0.4) is 0 Å². The lowest BCUT2D eigenvalue weighted by molar-refractivity contribution is -0.111. The van der Waals surface area contributed by atoms with Crippen molar-refractivity contribution < 1.29 is 14.6 Å². The number of methoxy groups -OCH3 is 1. The second kappa shape index (κ2) is 9.62. The number of pyridine rings is 1. The molecule has 3 rings (SSSR count). The van der Waals surface area contributed by atoms with E-state index < -0.39 is 0 Å². The summed E-state index contributed by atoms with van der Waals surface area (Å²) in [6.07, 6.45) is 6.62. The highest BCUT2D eigenvalue weighted by Gasteiger charge is 2.03. The Bertz CT molecular complexity index is 975. The summed E-state index contributed by atoms with van der Waals surface area (Å²) in [6.45, 7) is 0. The first-order chi connectivity index (χ1) is 13.6. The van der Waals surface area contributed by atoms with E-state index in [0.717, 1.165) is 16.3 Å². The molecule has 1 aromatic heterocycles. The maximum Gasteiger partial charge on any atom is 0.248 e. The van der Waals surface area contributed by atoms with Crippen LogP contribution in [0.25, 0.3) is 6.08 Å². The summed E-state index contributed by atoms with van der Waals surface area (Å²) in [7, 11) is 1.49. The molecule has 0 saturated heterocycles. The Kier molecular flexibility index (Phi) is 6.70. The number of nitrogens with one attached hydrogen (secondary N) is 1. The van der Waals surface area contributed by atoms with Gasteiger partial charge in [0.15, 0.2) is 11.5 Å². The summed E-state index contributed by atoms with van der Waals surface area (Å²) in [4.78, 5) is 17.3. The molecule has 0 spiro atoms. The van der Waals surface area contributed by atoms with Gasteiger partial charge >= 0.3 is 0 Å². The van der Waals surface area contributed by atoms with Gasteiger partial charge in [0.1, 0.15) is 0 Å². The molecule has 0 saturated carbocycles. The number of carbonyl (C=O) groups is 1. The molecule has 1 amide bonds. The number of aromatic nitrogens is 1. The first-order valence-corrected chi connectivity index (χ1v) is 9.60. The summed E-state index contributed by atoms with van der Waals surface area (Å²) in [6, 6.07) is 16.6. The number of aromatic hydroxyl groups is 1. The average molecular weight is 392 g/mol. The van der Waals surface area contributed by atoms with Crippen molar-refractivity contribution in [2.24, 2.45) is 0 Å². The van der Waals surface area contributed by atoms with Crippen LogP contribution in [-0.4, -0.2) is 23.1 Å². The van der Waals surface area contributed by atoms with Crippen molar-refractivity contribution in [1.29, 1.82) is 0 Å². The molecule has 1 heterocycles. The van der Waals surface area contributed by atoms with Crippen molar-refractivity contribution >= 4 is 29.4 Å². The Hall–Kier alpha value is -3.25. The summed E-state index contributed by atoms with van der Waals surface area (Å²) in [5.41, 5.74) is 2.63. The average Bonchev–Trinajstić information content (AvgIpc) is 2.72. The lowest BCUT2D eigenvalue weighted by atomic mass is 10.2. The van der Waals surface area contributed by atoms with Gasteiger partial charge in [-0.1, -0.05) is 12.1 Å². The second-order valence-electron chi connectivity index (χ2n) is 5.93. The van der Waals surface area contributed by atoms with Gasteiger partial charge in [0.2, 0.25) is 5.91 Å². The Balaban J connectivity index is 1.58. The molecule has 0 atom stereocenters. The molecular weight excluding hydrogens is 372 g/mol. The Morgan fingerprint density at radius 3 is 2.75 bits per heavy atom. The van der Waals surface area contributed by atoms with Gasteiger partial charge in [-0.15, -0.1) is 11.8 Å². The molecule has 142 valence electrons. The number of hydrogen-bond acceptors (Lipinski definition) is 5. The molecule has 0 aliphatic rings. The first-order valence-electron chi connectivity index (χ1n) is 8.62. The normalized spacial score (nSPS) is 10.8. The smallest absolute Gasteiger partial charge is 0.248 e. The van der Waals surface area contributed by atoms with Gasteiger partial charge in [0.25, 0.3) is 0 Å². The molecule has 0 bridgehead atoms. The van der Waals surface area contributed by atoms with E-state index in [1.54, 1.807) is 48.4 Å². The van der Waals surface area contributed by atoms with Crippen molar-refractivity contribution in [2.75, 3.05) is 12.4 Å². The third-order valence-corrected chi connectivity index (χ3v) is 4.95. The topological polar surface area (TPSA) is 71.5 Å². The fraction of sp³-hybridized carbons (Fsp3) is 0.0909. The highest BCUT2D eigenvalue weighted by Crippen LogP contribution is 2.27. The highest BCUT2D eigenvalue weighted by molar-refractivity contribution is 7.98. The number of phenols is 1. The minimum Gasteiger partial charge on any atom is -0.504 e. The van der Waals surface area contributed by atoms with Gasteiger partial charge in [-0.05, 0) is 59.7 Å². The predicted molar refractivity (Wildman–Crippen MR) is 113 cm³/mol. The van der Waals surface area contributed by atoms with Crippen LogP contribution in [0.5, 0.6) is 11.5 Å². The number of rotatable bonds is 7. The number of nitrogens with zero attached hydrogens (tertiary/aromatic N) is 1. The van der Waals surface area contributed by atoms with Gasteiger partial charge in [0, 0.05) is 34.8 Å². The van der Waals surface area contributed by atoms with Crippen LogP contribution < -0.4 is 10.1 Å². The molecule has 0 fully saturated rings. The van der Waals surface area contributed by atoms with E-state index in [0.29, 0.717) is 11.3 Å². The molecule has 2 aromatic carbocycles. The van der Waals surface area contributed by atoms with E-state index in [-0.39, 0.29) is 11.7 Å². The fourth-order valence-electron chi connectivity index (χ4n) is 2.48. The van der Waals surface area contributed by atoms with Gasteiger partial charge < -0.3 is 15.2 Å². The lowest BCUT2D eigenvalue weighted by Crippen LogP contribution is -2.07. The Morgan fingerprint density at radius 1 is 1.18 bits per heavy atom. The van der Waals surface area contributed by atoms with Crippen LogP contribution in [0.4, 0.5) is 5.69 Å². The van der Waals surface area contributed by atoms with E-state index in [1.807, 2.05) is 36.4 Å². The lowest BCUT2D eigenvalue weighted by Gasteiger charge is -2.06. The number of benzene rings is 2. The molecule has 6 heteroatoms. The molecule has 3 aromatic rings. The van der Waals surface area contributed by atoms with Gasteiger partial charge in [0.05, 0.1) is 7.11 Å². The third-order valence-electron chi connectivity index (χ3n) is 3.89. The minimum absolute atomic E-state index is 0.0315. The van der Waals surface area contributed by atoms with Crippen molar-refractivity contribution in [3.8, 4) is 11.5 Å². The van der Waals surface area contributed by atoms with E-state index in [1.165, 1.54) is 18.7 Å². The quantitative estimate of drug-likeness (QED) is 0.449. The summed E-state index contributed by atoms with van der Waals surface area (Å²) < 4.78 is 5.01. The van der Waals surface area contributed by atoms with Crippen molar-refractivity contribution in [3.05, 3.63) is 84.2 Å². The molecule has 0 unspecified atom stereocenters. The second-order valence-corrected chi connectivity index (χ2v) is 6.97. The van der Waals surface area contributed by atoms with E-state index in [2.05, 4.69) is 10.3 Å². The van der Waals surface area contributed by atoms with E-state index in [9.17, 15) is 9.90 Å². The monoisotopic (exact) mass is 392 g/mol. The predicted octanol–water partition coefficient (Wildman–Crippen LogP) is 4.74. The molecule has 0 aliphatic carbocycles. The van der Waals surface area contributed by atoms with Crippen LogP contribution in [0.2, 0.25) is 0 Å². The number of thioether (sulfide) groups is 1.